The van der Waals surface area contributed by atoms with Crippen molar-refractivity contribution in [1.29, 1.82) is 0 Å². The van der Waals surface area contributed by atoms with Crippen molar-refractivity contribution in [3.8, 4) is 0 Å². The van der Waals surface area contributed by atoms with Gasteiger partial charge in [0, 0.05) is 18.6 Å². The minimum absolute atomic E-state index is 0. The van der Waals surface area contributed by atoms with Crippen LogP contribution in [0.25, 0.3) is 0 Å². The molecule has 7 heteroatoms. The summed E-state index contributed by atoms with van der Waals surface area (Å²) < 4.78 is 0. The second-order valence-electron chi connectivity index (χ2n) is 11.5. The van der Waals surface area contributed by atoms with Crippen molar-refractivity contribution >= 4 is 23.8 Å². The van der Waals surface area contributed by atoms with E-state index in [1.54, 1.807) is 0 Å². The SMILES string of the molecule is CCCc1cc(CCC)c(N=Cc2cc(C)cc(C=Nc3c(CCC)cc(CCC)cc3CCC)n2)c(CCC)c1.[Cl-].[Cl-].[Cl-].[V]. The smallest absolute Gasteiger partial charge is 0.0823 e. The molecule has 0 aliphatic heterocycles. The van der Waals surface area contributed by atoms with Gasteiger partial charge in [0.2, 0.25) is 0 Å². The number of nitrogens with zero attached hydrogens (tertiary/aromatic N) is 3. The van der Waals surface area contributed by atoms with E-state index in [4.69, 9.17) is 15.0 Å². The molecule has 3 aromatic rings. The Bertz CT molecular complexity index is 1190. The van der Waals surface area contributed by atoms with E-state index in [0.29, 0.717) is 0 Å². The number of rotatable bonds is 16. The number of pyridine rings is 1. The average molecular weight is 709 g/mol. The zero-order chi connectivity index (χ0) is 29.6. The van der Waals surface area contributed by atoms with Crippen LogP contribution >= 0.6 is 0 Å². The van der Waals surface area contributed by atoms with E-state index in [0.717, 1.165) is 87.0 Å². The van der Waals surface area contributed by atoms with Crippen LogP contribution in [0.1, 0.15) is 130 Å². The van der Waals surface area contributed by atoms with Crippen LogP contribution in [0.2, 0.25) is 0 Å². The molecule has 0 fully saturated rings. The monoisotopic (exact) mass is 707 g/mol. The summed E-state index contributed by atoms with van der Waals surface area (Å²) in [4.78, 5) is 15.1. The van der Waals surface area contributed by atoms with E-state index < -0.39 is 0 Å². The molecule has 0 bridgehead atoms. The van der Waals surface area contributed by atoms with Gasteiger partial charge in [0.25, 0.3) is 0 Å². The number of aryl methyl sites for hydroxylation is 7. The van der Waals surface area contributed by atoms with Crippen LogP contribution in [0.4, 0.5) is 11.4 Å². The third-order valence-corrected chi connectivity index (χ3v) is 7.47. The summed E-state index contributed by atoms with van der Waals surface area (Å²) in [7, 11) is 0. The second kappa shape index (κ2) is 24.5. The van der Waals surface area contributed by atoms with Crippen LogP contribution in [0, 0.1) is 6.92 Å². The van der Waals surface area contributed by atoms with Gasteiger partial charge in [-0.2, -0.15) is 0 Å². The summed E-state index contributed by atoms with van der Waals surface area (Å²) in [5.41, 5.74) is 13.6. The van der Waals surface area contributed by atoms with Crippen LogP contribution in [0.3, 0.4) is 0 Å². The topological polar surface area (TPSA) is 37.6 Å². The van der Waals surface area contributed by atoms with Crippen molar-refractivity contribution in [2.45, 2.75) is 126 Å². The van der Waals surface area contributed by atoms with Gasteiger partial charge >= 0.3 is 0 Å². The molecular formula is C38H53Cl3N3V-3. The Labute approximate surface area is 305 Å². The maximum absolute atomic E-state index is 5.09. The second-order valence-corrected chi connectivity index (χ2v) is 11.5. The molecule has 0 unspecified atom stereocenters. The molecular weight excluding hydrogens is 656 g/mol. The molecule has 1 heterocycles. The number of aromatic nitrogens is 1. The molecule has 1 radical (unpaired) electrons. The Hall–Kier alpha value is -1.62. The largest absolute Gasteiger partial charge is 1.00 e. The van der Waals surface area contributed by atoms with Crippen molar-refractivity contribution in [2.75, 3.05) is 0 Å². The van der Waals surface area contributed by atoms with Crippen molar-refractivity contribution in [3.05, 3.63) is 86.7 Å². The van der Waals surface area contributed by atoms with Crippen LogP contribution in [-0.2, 0) is 57.1 Å². The third kappa shape index (κ3) is 14.0. The Morgan fingerprint density at radius 3 is 1.04 bits per heavy atom. The quantitative estimate of drug-likeness (QED) is 0.209. The van der Waals surface area contributed by atoms with E-state index in [1.807, 2.05) is 12.4 Å². The standard InChI is InChI=1S/C38H53N3.3ClH.V/c1-8-14-29-22-31(16-10-3)37(32(23-29)17-11-4)39-26-35-20-28(7)21-36(41-35)27-40-38-33(18-12-5)24-30(15-9-2)25-34(38)19-13-6;;;;/h20-27H,8-19H2,1-7H3;3*1H;/p-3. The first-order chi connectivity index (χ1) is 20.0. The summed E-state index contributed by atoms with van der Waals surface area (Å²) in [6.07, 6.45) is 17.2. The molecule has 0 N–H and O–H groups in total. The van der Waals surface area contributed by atoms with Crippen LogP contribution in [0.15, 0.2) is 46.4 Å². The van der Waals surface area contributed by atoms with E-state index in [-0.39, 0.29) is 55.8 Å². The Balaban J connectivity index is 0. The molecule has 45 heavy (non-hydrogen) atoms. The van der Waals surface area contributed by atoms with Gasteiger partial charge < -0.3 is 37.2 Å². The summed E-state index contributed by atoms with van der Waals surface area (Å²) >= 11 is 0. The fourth-order valence-corrected chi connectivity index (χ4v) is 5.82. The summed E-state index contributed by atoms with van der Waals surface area (Å²) in [6.45, 7) is 15.7. The van der Waals surface area contributed by atoms with Gasteiger partial charge in [-0.1, -0.05) is 104 Å². The molecule has 2 aromatic carbocycles. The maximum atomic E-state index is 5.09. The Kier molecular flexibility index (Phi) is 24.8. The predicted octanol–water partition coefficient (Wildman–Crippen LogP) is 1.62. The third-order valence-electron chi connectivity index (χ3n) is 7.47. The van der Waals surface area contributed by atoms with E-state index >= 15 is 0 Å². The summed E-state index contributed by atoms with van der Waals surface area (Å²) in [5, 5.41) is 0. The molecule has 0 aliphatic carbocycles. The predicted molar refractivity (Wildman–Crippen MR) is 180 cm³/mol. The van der Waals surface area contributed by atoms with Gasteiger partial charge in [0.05, 0.1) is 35.2 Å². The van der Waals surface area contributed by atoms with Crippen LogP contribution < -0.4 is 37.2 Å². The zero-order valence-corrected chi connectivity index (χ0v) is 32.2. The number of benzene rings is 2. The zero-order valence-electron chi connectivity index (χ0n) is 28.5. The first kappa shape index (κ1) is 45.5. The van der Waals surface area contributed by atoms with E-state index in [9.17, 15) is 0 Å². The molecule has 0 saturated carbocycles. The van der Waals surface area contributed by atoms with Gasteiger partial charge in [-0.25, -0.2) is 4.98 Å². The summed E-state index contributed by atoms with van der Waals surface area (Å²) in [5.74, 6) is 0. The minimum Gasteiger partial charge on any atom is -1.00 e. The Morgan fingerprint density at radius 2 is 0.778 bits per heavy atom. The van der Waals surface area contributed by atoms with Crippen molar-refractivity contribution in [1.82, 2.24) is 4.98 Å². The molecule has 3 nitrogen and oxygen atoms in total. The first-order valence-corrected chi connectivity index (χ1v) is 16.3. The Morgan fingerprint density at radius 1 is 0.489 bits per heavy atom. The number of hydrogen-bond acceptors (Lipinski definition) is 3. The van der Waals surface area contributed by atoms with E-state index in [1.165, 1.54) is 51.8 Å². The van der Waals surface area contributed by atoms with Crippen molar-refractivity contribution in [3.63, 3.8) is 0 Å². The molecule has 0 amide bonds. The molecule has 1 aromatic heterocycles. The van der Waals surface area contributed by atoms with Crippen molar-refractivity contribution in [2.24, 2.45) is 9.98 Å². The van der Waals surface area contributed by atoms with Crippen LogP contribution in [-0.4, -0.2) is 17.4 Å². The molecule has 0 atom stereocenters. The number of hydrogen-bond donors (Lipinski definition) is 0. The first-order valence-electron chi connectivity index (χ1n) is 16.3. The van der Waals surface area contributed by atoms with Gasteiger partial charge in [0.15, 0.2) is 0 Å². The van der Waals surface area contributed by atoms with E-state index in [2.05, 4.69) is 84.9 Å². The van der Waals surface area contributed by atoms with Gasteiger partial charge in [-0.05, 0) is 96.5 Å². The number of aliphatic imine (C=N–C) groups is 2. The summed E-state index contributed by atoms with van der Waals surface area (Å²) in [6, 6.07) is 13.8. The molecule has 3 rings (SSSR count). The minimum atomic E-state index is 0. The molecule has 249 valence electrons. The van der Waals surface area contributed by atoms with Crippen LogP contribution in [0.5, 0.6) is 0 Å². The van der Waals surface area contributed by atoms with Gasteiger partial charge in [-0.3, -0.25) is 9.98 Å². The average Bonchev–Trinajstić information content (AvgIpc) is 2.93. The normalized spacial score (nSPS) is 10.7. The molecule has 0 saturated heterocycles. The number of halogens is 3. The van der Waals surface area contributed by atoms with Crippen molar-refractivity contribution < 1.29 is 55.8 Å². The fourth-order valence-electron chi connectivity index (χ4n) is 5.82. The van der Waals surface area contributed by atoms with Gasteiger partial charge in [-0.15, -0.1) is 0 Å². The van der Waals surface area contributed by atoms with Gasteiger partial charge in [0.1, 0.15) is 0 Å². The fraction of sp³-hybridized carbons (Fsp3) is 0.500. The molecule has 0 aliphatic rings. The molecule has 0 spiro atoms. The maximum Gasteiger partial charge on any atom is 0.0823 e.